The summed E-state index contributed by atoms with van der Waals surface area (Å²) in [7, 11) is -1.90. The number of aromatic carboxylic acids is 1. The number of rotatable bonds is 10. The van der Waals surface area contributed by atoms with Crippen molar-refractivity contribution >= 4 is 26.1 Å². The van der Waals surface area contributed by atoms with Gasteiger partial charge in [-0.15, -0.1) is 0 Å². The van der Waals surface area contributed by atoms with Gasteiger partial charge < -0.3 is 24.1 Å². The van der Waals surface area contributed by atoms with Crippen LogP contribution in [0.1, 0.15) is 69.4 Å². The summed E-state index contributed by atoms with van der Waals surface area (Å²) < 4.78 is 17.2. The molecule has 0 saturated heterocycles. The number of amides is 1. The molecule has 37 heavy (non-hydrogen) atoms. The fraction of sp³-hybridized carbons (Fsp3) is 0.500. The summed E-state index contributed by atoms with van der Waals surface area (Å²) in [6.07, 6.45) is 0.301. The van der Waals surface area contributed by atoms with E-state index in [9.17, 15) is 19.8 Å². The van der Waals surface area contributed by atoms with Crippen molar-refractivity contribution in [3.63, 3.8) is 0 Å². The average molecular weight is 532 g/mol. The van der Waals surface area contributed by atoms with Crippen LogP contribution in [0.4, 0.5) is 10.5 Å². The molecule has 0 fully saturated rings. The van der Waals surface area contributed by atoms with Crippen LogP contribution in [0.2, 0.25) is 18.1 Å². The third-order valence-electron chi connectivity index (χ3n) is 6.26. The normalized spacial score (nSPS) is 12.2. The van der Waals surface area contributed by atoms with Crippen LogP contribution in [-0.4, -0.2) is 42.8 Å². The highest BCUT2D eigenvalue weighted by Gasteiger charge is 2.37. The zero-order valence-corrected chi connectivity index (χ0v) is 24.2. The van der Waals surface area contributed by atoms with Crippen molar-refractivity contribution in [2.75, 3.05) is 11.9 Å². The van der Waals surface area contributed by atoms with Gasteiger partial charge in [0.25, 0.3) is 0 Å². The molecule has 0 radical (unpaired) electrons. The first kappa shape index (κ1) is 30.2. The summed E-state index contributed by atoms with van der Waals surface area (Å²) in [5.41, 5.74) is 1.39. The molecule has 2 aromatic rings. The van der Waals surface area contributed by atoms with Crippen LogP contribution in [0.25, 0.3) is 0 Å². The Morgan fingerprint density at radius 1 is 1.00 bits per heavy atom. The lowest BCUT2D eigenvalue weighted by atomic mass is 10.0. The van der Waals surface area contributed by atoms with Crippen molar-refractivity contribution < 1.29 is 33.7 Å². The fourth-order valence-corrected chi connectivity index (χ4v) is 4.17. The Morgan fingerprint density at radius 2 is 1.68 bits per heavy atom. The molecule has 2 rings (SSSR count). The molecule has 0 atom stereocenters. The predicted molar refractivity (Wildman–Crippen MR) is 147 cm³/mol. The van der Waals surface area contributed by atoms with Crippen molar-refractivity contribution in [2.24, 2.45) is 0 Å². The number of phenols is 1. The molecule has 0 saturated carbocycles. The number of ether oxygens (including phenoxy) is 2. The smallest absolute Gasteiger partial charge is 0.412 e. The first-order chi connectivity index (χ1) is 17.0. The van der Waals surface area contributed by atoms with Gasteiger partial charge in [0.2, 0.25) is 0 Å². The second-order valence-electron chi connectivity index (χ2n) is 11.6. The molecule has 0 aliphatic carbocycles. The Labute approximate surface area is 221 Å². The predicted octanol–water partition coefficient (Wildman–Crippen LogP) is 6.97. The molecule has 0 bridgehead atoms. The molecular formula is C28H41NO7Si. The Balaban J connectivity index is 1.96. The minimum absolute atomic E-state index is 0.0334. The summed E-state index contributed by atoms with van der Waals surface area (Å²) in [5, 5.41) is 22.7. The van der Waals surface area contributed by atoms with Crippen molar-refractivity contribution in [1.82, 2.24) is 0 Å². The van der Waals surface area contributed by atoms with E-state index >= 15 is 0 Å². The van der Waals surface area contributed by atoms with Gasteiger partial charge in [-0.25, -0.2) is 9.59 Å². The van der Waals surface area contributed by atoms with Gasteiger partial charge >= 0.3 is 12.1 Å². The fourth-order valence-electron chi connectivity index (χ4n) is 3.21. The lowest BCUT2D eigenvalue weighted by Gasteiger charge is -2.36. The molecular weight excluding hydrogens is 490 g/mol. The van der Waals surface area contributed by atoms with E-state index in [0.717, 1.165) is 5.56 Å². The molecule has 1 amide bonds. The number of carboxylic acids is 1. The first-order valence-corrected chi connectivity index (χ1v) is 15.3. The third kappa shape index (κ3) is 9.40. The molecule has 0 aliphatic heterocycles. The van der Waals surface area contributed by atoms with E-state index in [2.05, 4.69) is 39.2 Å². The molecule has 2 aromatic carbocycles. The monoisotopic (exact) mass is 531 g/mol. The quantitative estimate of drug-likeness (QED) is 0.224. The number of carboxylic acid groups (broad SMARTS) is 1. The van der Waals surface area contributed by atoms with Crippen LogP contribution in [-0.2, 0) is 22.2 Å². The lowest BCUT2D eigenvalue weighted by molar-refractivity contribution is 0.0634. The molecule has 9 heteroatoms. The summed E-state index contributed by atoms with van der Waals surface area (Å²) in [4.78, 5) is 23.7. The number of aromatic hydroxyl groups is 1. The van der Waals surface area contributed by atoms with Crippen LogP contribution >= 0.6 is 0 Å². The van der Waals surface area contributed by atoms with Gasteiger partial charge in [0.15, 0.2) is 19.8 Å². The van der Waals surface area contributed by atoms with Crippen molar-refractivity contribution in [3.8, 4) is 11.5 Å². The molecule has 204 valence electrons. The zero-order chi connectivity index (χ0) is 28.0. The van der Waals surface area contributed by atoms with Gasteiger partial charge in [-0.05, 0) is 93.2 Å². The van der Waals surface area contributed by atoms with Crippen molar-refractivity contribution in [3.05, 3.63) is 53.1 Å². The minimum atomic E-state index is -1.90. The van der Waals surface area contributed by atoms with Gasteiger partial charge in [-0.1, -0.05) is 26.8 Å². The highest BCUT2D eigenvalue weighted by atomic mass is 28.4. The van der Waals surface area contributed by atoms with E-state index in [0.29, 0.717) is 36.4 Å². The van der Waals surface area contributed by atoms with Crippen LogP contribution in [0.5, 0.6) is 11.5 Å². The van der Waals surface area contributed by atoms with E-state index in [4.69, 9.17) is 13.9 Å². The maximum atomic E-state index is 12.1. The number of hydrogen-bond donors (Lipinski definition) is 3. The van der Waals surface area contributed by atoms with Crippen LogP contribution in [0.15, 0.2) is 36.4 Å². The van der Waals surface area contributed by atoms with E-state index in [-0.39, 0.29) is 23.0 Å². The first-order valence-electron chi connectivity index (χ1n) is 12.4. The number of carbonyl (C=O) groups is 2. The highest BCUT2D eigenvalue weighted by Crippen LogP contribution is 2.37. The Morgan fingerprint density at radius 3 is 2.24 bits per heavy atom. The summed E-state index contributed by atoms with van der Waals surface area (Å²) >= 11 is 0. The second kappa shape index (κ2) is 12.0. The zero-order valence-electron chi connectivity index (χ0n) is 23.2. The second-order valence-corrected chi connectivity index (χ2v) is 16.4. The number of nitrogens with one attached hydrogen (secondary N) is 1. The Hall–Kier alpha value is -3.04. The van der Waals surface area contributed by atoms with Gasteiger partial charge in [0.05, 0.1) is 18.8 Å². The van der Waals surface area contributed by atoms with E-state index in [1.807, 2.05) is 6.07 Å². The van der Waals surface area contributed by atoms with Gasteiger partial charge in [-0.2, -0.15) is 0 Å². The number of phenolic OH excluding ortho intramolecular Hbond substituents is 1. The average Bonchev–Trinajstić information content (AvgIpc) is 2.74. The number of anilines is 1. The maximum absolute atomic E-state index is 12.1. The van der Waals surface area contributed by atoms with Gasteiger partial charge in [0.1, 0.15) is 5.60 Å². The van der Waals surface area contributed by atoms with Crippen LogP contribution in [0, 0.1) is 0 Å². The Bertz CT molecular complexity index is 1100. The van der Waals surface area contributed by atoms with E-state index < -0.39 is 26.0 Å². The number of aryl methyl sites for hydroxylation is 1. The molecule has 0 unspecified atom stereocenters. The lowest BCUT2D eigenvalue weighted by Crippen LogP contribution is -2.40. The van der Waals surface area contributed by atoms with E-state index in [1.54, 1.807) is 39.0 Å². The Kier molecular flexibility index (Phi) is 9.79. The standard InChI is InChI=1S/C28H41NO7Si/c1-27(2,3)36-26(33)29-21-12-13-22(25(31)32)20(17-21)10-9-15-34-24-14-11-19(16-23(24)30)18-35-37(7,8)28(4,5)6/h11-14,16-17,30H,9-10,15,18H2,1-8H3,(H,29,33)(H,31,32). The number of benzene rings is 2. The molecule has 0 spiro atoms. The molecule has 0 aliphatic rings. The number of hydrogen-bond acceptors (Lipinski definition) is 6. The molecule has 0 heterocycles. The maximum Gasteiger partial charge on any atom is 0.412 e. The topological polar surface area (TPSA) is 114 Å². The largest absolute Gasteiger partial charge is 0.504 e. The van der Waals surface area contributed by atoms with Crippen molar-refractivity contribution in [1.29, 1.82) is 0 Å². The molecule has 8 nitrogen and oxygen atoms in total. The van der Waals surface area contributed by atoms with Gasteiger partial charge in [-0.3, -0.25) is 5.32 Å². The summed E-state index contributed by atoms with van der Waals surface area (Å²) in [5.74, 6) is -0.658. The highest BCUT2D eigenvalue weighted by molar-refractivity contribution is 6.74. The molecule has 0 aromatic heterocycles. The SMILES string of the molecule is CC(C)(C)OC(=O)Nc1ccc(C(=O)O)c(CCCOc2ccc(CO[Si](C)(C)C(C)(C)C)cc2O)c1. The van der Waals surface area contributed by atoms with Crippen molar-refractivity contribution in [2.45, 2.75) is 84.7 Å². The summed E-state index contributed by atoms with van der Waals surface area (Å²) in [6.45, 7) is 16.9. The third-order valence-corrected chi connectivity index (χ3v) is 10.7. The number of carbonyl (C=O) groups excluding carboxylic acids is 1. The summed E-state index contributed by atoms with van der Waals surface area (Å²) in [6, 6.07) is 9.85. The van der Waals surface area contributed by atoms with Crippen LogP contribution < -0.4 is 10.1 Å². The molecule has 3 N–H and O–H groups in total. The van der Waals surface area contributed by atoms with Crippen LogP contribution in [0.3, 0.4) is 0 Å². The van der Waals surface area contributed by atoms with E-state index in [1.165, 1.54) is 12.1 Å². The minimum Gasteiger partial charge on any atom is -0.504 e. The van der Waals surface area contributed by atoms with Gasteiger partial charge in [0, 0.05) is 5.69 Å².